The van der Waals surface area contributed by atoms with Gasteiger partial charge in [0.15, 0.2) is 0 Å². The summed E-state index contributed by atoms with van der Waals surface area (Å²) in [5.41, 5.74) is 0. The molecule has 0 saturated heterocycles. The smallest absolute Gasteiger partial charge is 0.112 e. The van der Waals surface area contributed by atoms with Gasteiger partial charge in [0, 0.05) is 6.42 Å². The molecule has 0 aliphatic heterocycles. The lowest BCUT2D eigenvalue weighted by Crippen LogP contribution is -3.00. The highest BCUT2D eigenvalue weighted by atomic mass is 79.9. The van der Waals surface area contributed by atoms with Gasteiger partial charge in [-0.2, -0.15) is 0 Å². The fourth-order valence-corrected chi connectivity index (χ4v) is 8.23. The Bertz CT molecular complexity index is 863. The van der Waals surface area contributed by atoms with Crippen LogP contribution in [0, 0.1) is 0 Å². The van der Waals surface area contributed by atoms with Crippen molar-refractivity contribution in [2.45, 2.75) is 32.6 Å². The quantitative estimate of drug-likeness (QED) is 0.270. The molecule has 0 unspecified atom stereocenters. The number of benzene rings is 3. The number of hydrogen-bond donors (Lipinski definition) is 0. The van der Waals surface area contributed by atoms with Gasteiger partial charge in [-0.25, -0.2) is 0 Å². The normalized spacial score (nSPS) is 11.9. The van der Waals surface area contributed by atoms with Crippen LogP contribution in [-0.4, -0.2) is 6.16 Å². The van der Waals surface area contributed by atoms with E-state index < -0.39 is 7.26 Å². The zero-order valence-electron chi connectivity index (χ0n) is 19.0. The Morgan fingerprint density at radius 3 is 1.31 bits per heavy atom. The molecule has 0 atom stereocenters. The summed E-state index contributed by atoms with van der Waals surface area (Å²) in [6.45, 7) is 2.17. The van der Waals surface area contributed by atoms with Gasteiger partial charge < -0.3 is 17.0 Å². The topological polar surface area (TPSA) is 0 Å². The Morgan fingerprint density at radius 1 is 0.531 bits per heavy atom. The molecular weight excluding hydrogens is 471 g/mol. The summed E-state index contributed by atoms with van der Waals surface area (Å²) in [5.74, 6) is 0. The van der Waals surface area contributed by atoms with E-state index in [0.29, 0.717) is 0 Å². The van der Waals surface area contributed by atoms with Crippen LogP contribution >= 0.6 is 7.26 Å². The molecule has 0 N–H and O–H groups in total. The number of rotatable bonds is 11. The second kappa shape index (κ2) is 14.8. The minimum atomic E-state index is -1.71. The van der Waals surface area contributed by atoms with Gasteiger partial charge in [-0.05, 0) is 55.7 Å². The van der Waals surface area contributed by atoms with Crippen molar-refractivity contribution in [3.63, 3.8) is 0 Å². The van der Waals surface area contributed by atoms with Gasteiger partial charge in [0.2, 0.25) is 0 Å². The maximum absolute atomic E-state index is 2.37. The number of allylic oxidation sites excluding steroid dienone is 6. The molecule has 0 saturated carbocycles. The Kier molecular flexibility index (Phi) is 12.0. The molecule has 0 bridgehead atoms. The molecule has 3 aromatic rings. The minimum absolute atomic E-state index is 0. The summed E-state index contributed by atoms with van der Waals surface area (Å²) in [4.78, 5) is 0. The summed E-state index contributed by atoms with van der Waals surface area (Å²) in [5, 5.41) is 4.38. The van der Waals surface area contributed by atoms with Gasteiger partial charge in [-0.15, -0.1) is 0 Å². The lowest BCUT2D eigenvalue weighted by Gasteiger charge is -2.27. The van der Waals surface area contributed by atoms with E-state index in [-0.39, 0.29) is 17.0 Å². The molecule has 0 fully saturated rings. The number of halogens is 1. The molecule has 0 aromatic heterocycles. The van der Waals surface area contributed by atoms with Crippen LogP contribution < -0.4 is 32.9 Å². The zero-order chi connectivity index (χ0) is 21.6. The minimum Gasteiger partial charge on any atom is -1.00 e. The third-order valence-corrected chi connectivity index (χ3v) is 9.97. The van der Waals surface area contributed by atoms with Gasteiger partial charge in [0.1, 0.15) is 23.2 Å². The van der Waals surface area contributed by atoms with Crippen LogP contribution in [0.2, 0.25) is 0 Å². The second-order valence-corrected chi connectivity index (χ2v) is 11.2. The molecule has 0 spiro atoms. The van der Waals surface area contributed by atoms with Crippen LogP contribution in [-0.2, 0) is 0 Å². The van der Waals surface area contributed by atoms with E-state index in [1.165, 1.54) is 15.9 Å². The molecule has 0 amide bonds. The number of hydrogen-bond acceptors (Lipinski definition) is 0. The molecule has 0 nitrogen and oxygen atoms in total. The predicted molar refractivity (Wildman–Crippen MR) is 142 cm³/mol. The highest BCUT2D eigenvalue weighted by Gasteiger charge is 2.44. The zero-order valence-corrected chi connectivity index (χ0v) is 21.5. The molecule has 2 heteroatoms. The van der Waals surface area contributed by atoms with Crippen LogP contribution in [0.25, 0.3) is 0 Å². The Balaban J connectivity index is 0.00000363. The average Bonchev–Trinajstić information content (AvgIpc) is 2.84. The van der Waals surface area contributed by atoms with E-state index >= 15 is 0 Å². The lowest BCUT2D eigenvalue weighted by molar-refractivity contribution is -0.00000613. The fourth-order valence-electron chi connectivity index (χ4n) is 3.98. The summed E-state index contributed by atoms with van der Waals surface area (Å²) in [6, 6.07) is 33.4. The van der Waals surface area contributed by atoms with Gasteiger partial charge in [0.25, 0.3) is 0 Å². The van der Waals surface area contributed by atoms with Crippen LogP contribution in [0.1, 0.15) is 32.6 Å². The second-order valence-electron chi connectivity index (χ2n) is 7.62. The van der Waals surface area contributed by atoms with Crippen LogP contribution in [0.15, 0.2) is 127 Å². The molecule has 3 aromatic carbocycles. The Hall–Kier alpha value is -2.21. The molecule has 166 valence electrons. The van der Waals surface area contributed by atoms with E-state index in [9.17, 15) is 0 Å². The van der Waals surface area contributed by atoms with E-state index in [4.69, 9.17) is 0 Å². The molecule has 0 aliphatic rings. The van der Waals surface area contributed by atoms with E-state index in [2.05, 4.69) is 134 Å². The average molecular weight is 505 g/mol. The van der Waals surface area contributed by atoms with Crippen molar-refractivity contribution in [1.82, 2.24) is 0 Å². The fraction of sp³-hybridized carbons (Fsp3) is 0.200. The summed E-state index contributed by atoms with van der Waals surface area (Å²) >= 11 is 0. The summed E-state index contributed by atoms with van der Waals surface area (Å²) in [7, 11) is -1.71. The van der Waals surface area contributed by atoms with Crippen molar-refractivity contribution in [1.29, 1.82) is 0 Å². The highest BCUT2D eigenvalue weighted by Crippen LogP contribution is 2.55. The highest BCUT2D eigenvalue weighted by molar-refractivity contribution is 7.95. The van der Waals surface area contributed by atoms with E-state index in [1.807, 2.05) is 0 Å². The molecule has 0 heterocycles. The van der Waals surface area contributed by atoms with Gasteiger partial charge >= 0.3 is 0 Å². The lowest BCUT2D eigenvalue weighted by atomic mass is 10.2. The van der Waals surface area contributed by atoms with Crippen molar-refractivity contribution < 1.29 is 17.0 Å². The maximum Gasteiger partial charge on any atom is 0.112 e. The summed E-state index contributed by atoms with van der Waals surface area (Å²) < 4.78 is 0. The predicted octanol–water partition coefficient (Wildman–Crippen LogP) is 4.23. The van der Waals surface area contributed by atoms with Crippen molar-refractivity contribution in [3.05, 3.63) is 127 Å². The first kappa shape index (κ1) is 26.0. The first-order valence-electron chi connectivity index (χ1n) is 11.4. The van der Waals surface area contributed by atoms with Crippen molar-refractivity contribution in [3.8, 4) is 0 Å². The molecule has 0 radical (unpaired) electrons. The first-order chi connectivity index (χ1) is 15.4. The first-order valence-corrected chi connectivity index (χ1v) is 13.3. The molecule has 0 aliphatic carbocycles. The van der Waals surface area contributed by atoms with Crippen molar-refractivity contribution >= 4 is 23.2 Å². The summed E-state index contributed by atoms with van der Waals surface area (Å²) in [6.07, 6.45) is 19.0. The van der Waals surface area contributed by atoms with Crippen LogP contribution in [0.4, 0.5) is 0 Å². The SMILES string of the molecule is CC/C=C\C/C=C\C/C=C\CC[P+](c1ccccc1)(c1ccccc1)c1ccccc1.[Br-]. The van der Waals surface area contributed by atoms with Crippen molar-refractivity contribution in [2.24, 2.45) is 0 Å². The molecule has 3 rings (SSSR count). The molecular formula is C30H34BrP. The standard InChI is InChI=1S/C30H34P.BrH/c1-2-3-4-5-6-7-8-9-10-20-27-31(28-21-14-11-15-22-28,29-23-16-12-17-24-29)30-25-18-13-19-26-30;/h3-4,6-7,9-19,21-26H,2,5,8,20,27H2,1H3;1H/q+1;/p-1/b4-3-,7-6-,10-9-;. The Labute approximate surface area is 205 Å². The third kappa shape index (κ3) is 7.16. The van der Waals surface area contributed by atoms with Gasteiger partial charge in [-0.1, -0.05) is 98.0 Å². The largest absolute Gasteiger partial charge is 1.00 e. The van der Waals surface area contributed by atoms with Gasteiger partial charge in [0.05, 0.1) is 6.16 Å². The van der Waals surface area contributed by atoms with E-state index in [1.54, 1.807) is 0 Å². The monoisotopic (exact) mass is 504 g/mol. The maximum atomic E-state index is 2.37. The van der Waals surface area contributed by atoms with Gasteiger partial charge in [-0.3, -0.25) is 0 Å². The third-order valence-electron chi connectivity index (χ3n) is 5.50. The van der Waals surface area contributed by atoms with Crippen molar-refractivity contribution in [2.75, 3.05) is 6.16 Å². The van der Waals surface area contributed by atoms with Crippen LogP contribution in [0.3, 0.4) is 0 Å². The van der Waals surface area contributed by atoms with Crippen LogP contribution in [0.5, 0.6) is 0 Å². The molecule has 32 heavy (non-hydrogen) atoms. The Morgan fingerprint density at radius 2 is 0.906 bits per heavy atom. The van der Waals surface area contributed by atoms with E-state index in [0.717, 1.165) is 31.8 Å².